The van der Waals surface area contributed by atoms with Crippen LogP contribution in [0, 0.1) is 5.92 Å². The molecule has 1 aliphatic carbocycles. The van der Waals surface area contributed by atoms with Crippen LogP contribution in [0.15, 0.2) is 0 Å². The second-order valence-electron chi connectivity index (χ2n) is 6.69. The smallest absolute Gasteiger partial charge is 0.0695 e. The normalized spacial score (nSPS) is 20.4. The van der Waals surface area contributed by atoms with E-state index in [1.807, 2.05) is 0 Å². The van der Waals surface area contributed by atoms with E-state index in [1.165, 1.54) is 38.6 Å². The van der Waals surface area contributed by atoms with E-state index in [1.54, 1.807) is 0 Å². The van der Waals surface area contributed by atoms with Crippen LogP contribution in [0.25, 0.3) is 0 Å². The maximum atomic E-state index is 10.5. The van der Waals surface area contributed by atoms with Crippen LogP contribution in [-0.4, -0.2) is 34.7 Å². The minimum absolute atomic E-state index is 0.136. The van der Waals surface area contributed by atoms with E-state index in [0.29, 0.717) is 6.04 Å². The first kappa shape index (κ1) is 17.0. The Kier molecular flexibility index (Phi) is 8.01. The highest BCUT2D eigenvalue weighted by Crippen LogP contribution is 2.28. The molecule has 0 radical (unpaired) electrons. The largest absolute Gasteiger partial charge is 0.391 e. The first-order valence-electron chi connectivity index (χ1n) is 8.53. The van der Waals surface area contributed by atoms with Gasteiger partial charge >= 0.3 is 0 Å². The van der Waals surface area contributed by atoms with Crippen LogP contribution in [-0.2, 0) is 0 Å². The van der Waals surface area contributed by atoms with Crippen molar-refractivity contribution >= 4 is 0 Å². The molecule has 2 atom stereocenters. The van der Waals surface area contributed by atoms with E-state index in [-0.39, 0.29) is 6.10 Å². The molecule has 0 amide bonds. The highest BCUT2D eigenvalue weighted by atomic mass is 16.3. The molecule has 0 saturated heterocycles. The number of aliphatic hydroxyl groups excluding tert-OH is 1. The maximum absolute atomic E-state index is 10.5. The molecule has 0 heterocycles. The summed E-state index contributed by atoms with van der Waals surface area (Å²) in [5.74, 6) is 0.754. The van der Waals surface area contributed by atoms with Gasteiger partial charge in [0.2, 0.25) is 0 Å². The highest BCUT2D eigenvalue weighted by molar-refractivity contribution is 4.86. The third kappa shape index (κ3) is 5.43. The zero-order chi connectivity index (χ0) is 14.3. The molecule has 2 heteroatoms. The molecule has 1 N–H and O–H groups in total. The summed E-state index contributed by atoms with van der Waals surface area (Å²) < 4.78 is 0. The van der Waals surface area contributed by atoms with Crippen molar-refractivity contribution in [3.8, 4) is 0 Å². The Hall–Kier alpha value is -0.0800. The van der Waals surface area contributed by atoms with Crippen LogP contribution in [0.4, 0.5) is 0 Å². The minimum atomic E-state index is -0.136. The van der Waals surface area contributed by atoms with Gasteiger partial charge < -0.3 is 5.11 Å². The summed E-state index contributed by atoms with van der Waals surface area (Å²) in [5.41, 5.74) is 0. The lowest BCUT2D eigenvalue weighted by atomic mass is 9.98. The van der Waals surface area contributed by atoms with Crippen LogP contribution in [0.5, 0.6) is 0 Å². The molecule has 2 unspecified atom stereocenters. The summed E-state index contributed by atoms with van der Waals surface area (Å²) in [6.45, 7) is 10.2. The van der Waals surface area contributed by atoms with Gasteiger partial charge in [-0.3, -0.25) is 4.90 Å². The Morgan fingerprint density at radius 2 is 1.74 bits per heavy atom. The van der Waals surface area contributed by atoms with Crippen molar-refractivity contribution in [2.75, 3.05) is 6.54 Å². The molecule has 0 aromatic rings. The van der Waals surface area contributed by atoms with Gasteiger partial charge in [0.1, 0.15) is 0 Å². The van der Waals surface area contributed by atoms with Crippen molar-refractivity contribution in [2.24, 2.45) is 5.92 Å². The average molecular weight is 269 g/mol. The number of rotatable bonds is 9. The van der Waals surface area contributed by atoms with E-state index >= 15 is 0 Å². The number of hydrogen-bond donors (Lipinski definition) is 1. The molecule has 1 saturated carbocycles. The van der Waals surface area contributed by atoms with Gasteiger partial charge in [-0.25, -0.2) is 0 Å². The Labute approximate surface area is 120 Å². The molecule has 1 fully saturated rings. The van der Waals surface area contributed by atoms with E-state index in [0.717, 1.165) is 31.2 Å². The first-order valence-corrected chi connectivity index (χ1v) is 8.53. The van der Waals surface area contributed by atoms with Gasteiger partial charge in [-0.2, -0.15) is 0 Å². The predicted molar refractivity (Wildman–Crippen MR) is 83.4 cm³/mol. The monoisotopic (exact) mass is 269 g/mol. The molecule has 1 rings (SSSR count). The number of nitrogens with zero attached hydrogens (tertiary/aromatic N) is 1. The fourth-order valence-corrected chi connectivity index (χ4v) is 3.48. The van der Waals surface area contributed by atoms with Crippen LogP contribution in [0.3, 0.4) is 0 Å². The predicted octanol–water partition coefficient (Wildman–Crippen LogP) is 4.22. The second kappa shape index (κ2) is 8.97. The standard InChI is InChI=1S/C17H35NO/c1-5-9-17(19)16(6-2)18(13-12-14(3)4)15-10-7-8-11-15/h14-17,19H,5-13H2,1-4H3. The summed E-state index contributed by atoms with van der Waals surface area (Å²) >= 11 is 0. The van der Waals surface area contributed by atoms with Crippen LogP contribution >= 0.6 is 0 Å². The van der Waals surface area contributed by atoms with Crippen molar-refractivity contribution in [2.45, 2.75) is 97.2 Å². The second-order valence-corrected chi connectivity index (χ2v) is 6.69. The number of hydrogen-bond acceptors (Lipinski definition) is 2. The van der Waals surface area contributed by atoms with Crippen molar-refractivity contribution in [1.82, 2.24) is 4.90 Å². The van der Waals surface area contributed by atoms with E-state index in [9.17, 15) is 5.11 Å². The topological polar surface area (TPSA) is 23.5 Å². The van der Waals surface area contributed by atoms with Gasteiger partial charge in [0, 0.05) is 12.1 Å². The summed E-state index contributed by atoms with van der Waals surface area (Å²) in [4.78, 5) is 2.66. The van der Waals surface area contributed by atoms with Gasteiger partial charge in [0.15, 0.2) is 0 Å². The van der Waals surface area contributed by atoms with Crippen LogP contribution < -0.4 is 0 Å². The van der Waals surface area contributed by atoms with Gasteiger partial charge in [-0.15, -0.1) is 0 Å². The first-order chi connectivity index (χ1) is 9.10. The minimum Gasteiger partial charge on any atom is -0.391 e. The fourth-order valence-electron chi connectivity index (χ4n) is 3.48. The molecule has 1 aliphatic rings. The fraction of sp³-hybridized carbons (Fsp3) is 1.00. The summed E-state index contributed by atoms with van der Waals surface area (Å²) in [7, 11) is 0. The van der Waals surface area contributed by atoms with Crippen molar-refractivity contribution in [1.29, 1.82) is 0 Å². The highest BCUT2D eigenvalue weighted by Gasteiger charge is 2.31. The van der Waals surface area contributed by atoms with Gasteiger partial charge in [-0.1, -0.05) is 47.0 Å². The molecule has 0 aromatic carbocycles. The lowest BCUT2D eigenvalue weighted by Crippen LogP contribution is -2.48. The van der Waals surface area contributed by atoms with E-state index < -0.39 is 0 Å². The van der Waals surface area contributed by atoms with E-state index in [2.05, 4.69) is 32.6 Å². The molecule has 0 bridgehead atoms. The zero-order valence-electron chi connectivity index (χ0n) is 13.6. The molecule has 114 valence electrons. The lowest BCUT2D eigenvalue weighted by molar-refractivity contribution is 0.0152. The summed E-state index contributed by atoms with van der Waals surface area (Å²) in [5, 5.41) is 10.5. The Bertz CT molecular complexity index is 223. The third-order valence-corrected chi connectivity index (χ3v) is 4.63. The molecule has 19 heavy (non-hydrogen) atoms. The number of aliphatic hydroxyl groups is 1. The summed E-state index contributed by atoms with van der Waals surface area (Å²) in [6.07, 6.45) is 9.67. The Morgan fingerprint density at radius 3 is 2.21 bits per heavy atom. The SMILES string of the molecule is CCCC(O)C(CC)N(CCC(C)C)C1CCCC1. The van der Waals surface area contributed by atoms with Crippen molar-refractivity contribution in [3.63, 3.8) is 0 Å². The van der Waals surface area contributed by atoms with E-state index in [4.69, 9.17) is 0 Å². The van der Waals surface area contributed by atoms with Crippen LogP contribution in [0.2, 0.25) is 0 Å². The average Bonchev–Trinajstić information content (AvgIpc) is 2.87. The van der Waals surface area contributed by atoms with Gasteiger partial charge in [0.25, 0.3) is 0 Å². The molecule has 0 aromatic heterocycles. The van der Waals surface area contributed by atoms with Crippen molar-refractivity contribution < 1.29 is 5.11 Å². The lowest BCUT2D eigenvalue weighted by Gasteiger charge is -2.39. The van der Waals surface area contributed by atoms with Gasteiger partial charge in [0.05, 0.1) is 6.10 Å². The molecular weight excluding hydrogens is 234 g/mol. The molecule has 0 spiro atoms. The maximum Gasteiger partial charge on any atom is 0.0695 e. The quantitative estimate of drug-likeness (QED) is 0.677. The van der Waals surface area contributed by atoms with Gasteiger partial charge in [-0.05, 0) is 44.6 Å². The zero-order valence-corrected chi connectivity index (χ0v) is 13.6. The van der Waals surface area contributed by atoms with Crippen molar-refractivity contribution in [3.05, 3.63) is 0 Å². The molecule has 0 aliphatic heterocycles. The molecular formula is C17H35NO. The summed E-state index contributed by atoms with van der Waals surface area (Å²) in [6, 6.07) is 1.11. The third-order valence-electron chi connectivity index (χ3n) is 4.63. The Morgan fingerprint density at radius 1 is 1.11 bits per heavy atom. The van der Waals surface area contributed by atoms with Crippen LogP contribution in [0.1, 0.15) is 79.1 Å². The Balaban J connectivity index is 2.67. The molecule has 2 nitrogen and oxygen atoms in total.